The lowest BCUT2D eigenvalue weighted by molar-refractivity contribution is 0.431. The van der Waals surface area contributed by atoms with Crippen LogP contribution in [0.3, 0.4) is 0 Å². The number of hydrogen-bond acceptors (Lipinski definition) is 1. The molecule has 3 heteroatoms. The summed E-state index contributed by atoms with van der Waals surface area (Å²) in [5.74, 6) is 0. The minimum Gasteiger partial charge on any atom is -0.413 e. The highest BCUT2D eigenvalue weighted by atomic mass is 29.2. The molecule has 0 radical (unpaired) electrons. The van der Waals surface area contributed by atoms with Gasteiger partial charge < -0.3 is 4.43 Å². The third-order valence-electron chi connectivity index (χ3n) is 5.40. The van der Waals surface area contributed by atoms with Gasteiger partial charge in [-0.25, -0.2) is 0 Å². The summed E-state index contributed by atoms with van der Waals surface area (Å²) >= 11 is 0. The van der Waals surface area contributed by atoms with Crippen molar-refractivity contribution in [2.24, 2.45) is 0 Å². The van der Waals surface area contributed by atoms with Crippen molar-refractivity contribution in [2.45, 2.75) is 0 Å². The second-order valence-electron chi connectivity index (χ2n) is 6.93. The van der Waals surface area contributed by atoms with Crippen LogP contribution in [0.2, 0.25) is 0 Å². The molecule has 0 aliphatic carbocycles. The molecule has 0 fully saturated rings. The molecule has 0 spiro atoms. The predicted octanol–water partition coefficient (Wildman–Crippen LogP) is 2.51. The molecule has 138 valence electrons. The van der Waals surface area contributed by atoms with Crippen molar-refractivity contribution in [3.05, 3.63) is 121 Å². The van der Waals surface area contributed by atoms with E-state index in [-0.39, 0.29) is 0 Å². The second kappa shape index (κ2) is 8.52. The van der Waals surface area contributed by atoms with Crippen molar-refractivity contribution < 1.29 is 4.43 Å². The summed E-state index contributed by atoms with van der Waals surface area (Å²) in [6, 6.07) is 43.7. The SMILES string of the molecule is CO[Si](c1ccccc1)(c1ccccc1)[SiH](c1ccccc1)c1ccccc1. The Morgan fingerprint density at radius 3 is 1.14 bits per heavy atom. The van der Waals surface area contributed by atoms with E-state index in [1.54, 1.807) is 0 Å². The predicted molar refractivity (Wildman–Crippen MR) is 124 cm³/mol. The minimum absolute atomic E-state index is 1.34. The summed E-state index contributed by atoms with van der Waals surface area (Å²) in [5, 5.41) is 5.53. The maximum Gasteiger partial charge on any atom is 0.246 e. The van der Waals surface area contributed by atoms with Gasteiger partial charge in [-0.05, 0) is 10.4 Å². The van der Waals surface area contributed by atoms with Crippen molar-refractivity contribution in [1.29, 1.82) is 0 Å². The topological polar surface area (TPSA) is 9.23 Å². The van der Waals surface area contributed by atoms with E-state index in [0.29, 0.717) is 0 Å². The first-order valence-electron chi connectivity index (χ1n) is 9.62. The largest absolute Gasteiger partial charge is 0.413 e. The van der Waals surface area contributed by atoms with Crippen LogP contribution in [0.25, 0.3) is 0 Å². The molecule has 0 aliphatic heterocycles. The van der Waals surface area contributed by atoms with Crippen molar-refractivity contribution in [2.75, 3.05) is 7.11 Å². The van der Waals surface area contributed by atoms with Crippen molar-refractivity contribution in [1.82, 2.24) is 0 Å². The van der Waals surface area contributed by atoms with Crippen molar-refractivity contribution in [3.63, 3.8) is 0 Å². The van der Waals surface area contributed by atoms with Crippen LogP contribution in [-0.2, 0) is 4.43 Å². The molecule has 0 aromatic heterocycles. The first-order chi connectivity index (χ1) is 13.9. The lowest BCUT2D eigenvalue weighted by atomic mass is 10.4. The van der Waals surface area contributed by atoms with E-state index in [9.17, 15) is 0 Å². The Bertz CT molecular complexity index is 911. The molecular formula is C25H24OSi2. The Morgan fingerprint density at radius 2 is 0.821 bits per heavy atom. The van der Waals surface area contributed by atoms with Gasteiger partial charge in [0.15, 0.2) is 0 Å². The van der Waals surface area contributed by atoms with Crippen LogP contribution in [-0.4, -0.2) is 23.3 Å². The van der Waals surface area contributed by atoms with E-state index in [2.05, 4.69) is 121 Å². The van der Waals surface area contributed by atoms with Crippen molar-refractivity contribution >= 4 is 36.9 Å². The molecule has 0 N–H and O–H groups in total. The zero-order valence-electron chi connectivity index (χ0n) is 16.0. The summed E-state index contributed by atoms with van der Waals surface area (Å²) in [7, 11) is -2.32. The highest BCUT2D eigenvalue weighted by Crippen LogP contribution is 2.13. The normalized spacial score (nSPS) is 11.5. The van der Waals surface area contributed by atoms with Crippen LogP contribution in [0.4, 0.5) is 0 Å². The highest BCUT2D eigenvalue weighted by Gasteiger charge is 2.48. The van der Waals surface area contributed by atoms with Crippen LogP contribution in [0.15, 0.2) is 121 Å². The molecule has 0 unspecified atom stereocenters. The van der Waals surface area contributed by atoms with Gasteiger partial charge in [0.25, 0.3) is 0 Å². The molecule has 0 atom stereocenters. The summed E-state index contributed by atoms with van der Waals surface area (Å²) in [4.78, 5) is 0. The molecule has 0 saturated carbocycles. The summed E-state index contributed by atoms with van der Waals surface area (Å²) < 4.78 is 6.68. The van der Waals surface area contributed by atoms with E-state index in [1.807, 2.05) is 7.11 Å². The summed E-state index contributed by atoms with van der Waals surface area (Å²) in [6.45, 7) is 0. The average Bonchev–Trinajstić information content (AvgIpc) is 2.80. The Hall–Kier alpha value is -2.73. The van der Waals surface area contributed by atoms with Crippen LogP contribution in [0.5, 0.6) is 0 Å². The fourth-order valence-corrected chi connectivity index (χ4v) is 17.6. The molecule has 0 amide bonds. The van der Waals surface area contributed by atoms with Gasteiger partial charge in [-0.2, -0.15) is 0 Å². The molecule has 4 rings (SSSR count). The standard InChI is InChI=1S/C25H24OSi2/c1-26-28(24-18-10-4-11-19-24,25-20-12-5-13-21-25)27(22-14-6-2-7-15-22)23-16-8-3-9-17-23/h2-21,27H,1H3. The highest BCUT2D eigenvalue weighted by molar-refractivity contribution is 7.49. The second-order valence-corrected chi connectivity index (χ2v) is 16.3. The maximum absolute atomic E-state index is 6.68. The van der Waals surface area contributed by atoms with Gasteiger partial charge in [-0.3, -0.25) is 0 Å². The molecule has 28 heavy (non-hydrogen) atoms. The van der Waals surface area contributed by atoms with Gasteiger partial charge >= 0.3 is 0 Å². The molecule has 1 nitrogen and oxygen atoms in total. The molecule has 4 aromatic rings. The van der Waals surface area contributed by atoms with Gasteiger partial charge in [0, 0.05) is 7.11 Å². The van der Waals surface area contributed by atoms with Gasteiger partial charge in [-0.1, -0.05) is 132 Å². The average molecular weight is 397 g/mol. The molecular weight excluding hydrogens is 372 g/mol. The van der Waals surface area contributed by atoms with E-state index in [0.717, 1.165) is 0 Å². The Balaban J connectivity index is 2.05. The Kier molecular flexibility index (Phi) is 5.67. The minimum atomic E-state index is -2.49. The number of rotatable bonds is 6. The van der Waals surface area contributed by atoms with Crippen LogP contribution >= 0.6 is 0 Å². The summed E-state index contributed by atoms with van der Waals surface area (Å²) in [5.41, 5.74) is 0. The van der Waals surface area contributed by atoms with Crippen LogP contribution in [0.1, 0.15) is 0 Å². The molecule has 0 heterocycles. The van der Waals surface area contributed by atoms with Gasteiger partial charge in [0.1, 0.15) is 8.31 Å². The maximum atomic E-state index is 6.68. The number of benzene rings is 4. The third kappa shape index (κ3) is 3.40. The van der Waals surface area contributed by atoms with Crippen molar-refractivity contribution in [3.8, 4) is 0 Å². The fraction of sp³-hybridized carbons (Fsp3) is 0.0400. The lowest BCUT2D eigenvalue weighted by Gasteiger charge is -2.38. The first kappa shape index (κ1) is 18.6. The molecule has 4 aromatic carbocycles. The monoisotopic (exact) mass is 396 g/mol. The smallest absolute Gasteiger partial charge is 0.246 e. The van der Waals surface area contributed by atoms with Crippen LogP contribution < -0.4 is 20.7 Å². The van der Waals surface area contributed by atoms with E-state index in [1.165, 1.54) is 20.7 Å². The molecule has 0 aliphatic rings. The van der Waals surface area contributed by atoms with E-state index < -0.39 is 16.1 Å². The zero-order chi connectivity index (χ0) is 19.2. The van der Waals surface area contributed by atoms with Gasteiger partial charge in [-0.15, -0.1) is 0 Å². The van der Waals surface area contributed by atoms with E-state index in [4.69, 9.17) is 4.43 Å². The zero-order valence-corrected chi connectivity index (χ0v) is 18.2. The summed E-state index contributed by atoms with van der Waals surface area (Å²) in [6.07, 6.45) is 0. The Morgan fingerprint density at radius 1 is 0.500 bits per heavy atom. The fourth-order valence-electron chi connectivity index (χ4n) is 4.18. The van der Waals surface area contributed by atoms with Gasteiger partial charge in [0.2, 0.25) is 7.83 Å². The van der Waals surface area contributed by atoms with Crippen LogP contribution in [0, 0.1) is 0 Å². The quantitative estimate of drug-likeness (QED) is 0.455. The molecule has 0 bridgehead atoms. The van der Waals surface area contributed by atoms with E-state index >= 15 is 0 Å². The lowest BCUT2D eigenvalue weighted by Crippen LogP contribution is -2.77. The Labute approximate surface area is 169 Å². The number of hydrogen-bond donors (Lipinski definition) is 0. The molecule has 0 saturated heterocycles. The van der Waals surface area contributed by atoms with Gasteiger partial charge in [0.05, 0.1) is 0 Å². The first-order valence-corrected chi connectivity index (χ1v) is 14.5. The third-order valence-corrected chi connectivity index (χ3v) is 18.5.